The van der Waals surface area contributed by atoms with Gasteiger partial charge in [-0.1, -0.05) is 17.7 Å². The molecule has 8 nitrogen and oxygen atoms in total. The SMILES string of the molecule is Cc1ccc(-n2cc3cnnc(N4CCCC(C(=O)NCCN(C)C)C4)c3n2)cc1. The van der Waals surface area contributed by atoms with E-state index in [9.17, 15) is 4.79 Å². The number of benzene rings is 1. The van der Waals surface area contributed by atoms with Crippen molar-refractivity contribution in [1.82, 2.24) is 30.2 Å². The lowest BCUT2D eigenvalue weighted by atomic mass is 9.97. The van der Waals surface area contributed by atoms with Gasteiger partial charge in [0.25, 0.3) is 0 Å². The Morgan fingerprint density at radius 2 is 2.07 bits per heavy atom. The van der Waals surface area contributed by atoms with Crippen molar-refractivity contribution in [3.05, 3.63) is 42.2 Å². The summed E-state index contributed by atoms with van der Waals surface area (Å²) in [6.07, 6.45) is 5.56. The molecule has 1 unspecified atom stereocenters. The summed E-state index contributed by atoms with van der Waals surface area (Å²) in [4.78, 5) is 16.8. The molecule has 158 valence electrons. The van der Waals surface area contributed by atoms with Crippen molar-refractivity contribution in [2.45, 2.75) is 19.8 Å². The van der Waals surface area contributed by atoms with Crippen molar-refractivity contribution < 1.29 is 4.79 Å². The predicted molar refractivity (Wildman–Crippen MR) is 118 cm³/mol. The van der Waals surface area contributed by atoms with Crippen LogP contribution in [0.1, 0.15) is 18.4 Å². The van der Waals surface area contributed by atoms with Crippen LogP contribution in [0.5, 0.6) is 0 Å². The summed E-state index contributed by atoms with van der Waals surface area (Å²) in [5, 5.41) is 17.4. The third-order valence-corrected chi connectivity index (χ3v) is 5.55. The molecule has 1 fully saturated rings. The Kier molecular flexibility index (Phi) is 5.94. The van der Waals surface area contributed by atoms with E-state index in [0.717, 1.165) is 48.3 Å². The van der Waals surface area contributed by atoms with E-state index < -0.39 is 0 Å². The highest BCUT2D eigenvalue weighted by atomic mass is 16.1. The molecular weight excluding hydrogens is 378 g/mol. The molecule has 1 saturated heterocycles. The smallest absolute Gasteiger partial charge is 0.224 e. The van der Waals surface area contributed by atoms with Gasteiger partial charge in [-0.3, -0.25) is 4.79 Å². The van der Waals surface area contributed by atoms with Crippen LogP contribution in [-0.4, -0.2) is 71.1 Å². The Morgan fingerprint density at radius 1 is 1.27 bits per heavy atom. The molecule has 3 aromatic rings. The number of carbonyl (C=O) groups excluding carboxylic acids is 1. The molecule has 1 atom stereocenters. The summed E-state index contributed by atoms with van der Waals surface area (Å²) in [5.41, 5.74) is 3.03. The molecule has 2 aromatic heterocycles. The minimum atomic E-state index is -0.0443. The number of nitrogens with zero attached hydrogens (tertiary/aromatic N) is 6. The van der Waals surface area contributed by atoms with E-state index in [1.807, 2.05) is 25.0 Å². The molecular formula is C22H29N7O. The molecule has 0 aliphatic carbocycles. The van der Waals surface area contributed by atoms with Crippen LogP contribution in [-0.2, 0) is 4.79 Å². The van der Waals surface area contributed by atoms with Crippen LogP contribution in [0.3, 0.4) is 0 Å². The third-order valence-electron chi connectivity index (χ3n) is 5.55. The van der Waals surface area contributed by atoms with Gasteiger partial charge in [0.05, 0.1) is 17.8 Å². The number of rotatable bonds is 6. The average Bonchev–Trinajstić information content (AvgIpc) is 3.18. The molecule has 1 aliphatic rings. The van der Waals surface area contributed by atoms with Gasteiger partial charge in [-0.15, -0.1) is 5.10 Å². The highest BCUT2D eigenvalue weighted by molar-refractivity contribution is 5.88. The first-order valence-electron chi connectivity index (χ1n) is 10.5. The second-order valence-electron chi connectivity index (χ2n) is 8.26. The minimum Gasteiger partial charge on any atom is -0.355 e. The first kappa shape index (κ1) is 20.3. The van der Waals surface area contributed by atoms with Crippen molar-refractivity contribution in [3.8, 4) is 5.69 Å². The normalized spacial score (nSPS) is 16.9. The van der Waals surface area contributed by atoms with E-state index in [4.69, 9.17) is 5.10 Å². The number of piperidine rings is 1. The number of carbonyl (C=O) groups is 1. The molecule has 0 saturated carbocycles. The van der Waals surface area contributed by atoms with Gasteiger partial charge >= 0.3 is 0 Å². The van der Waals surface area contributed by atoms with Crippen molar-refractivity contribution in [1.29, 1.82) is 0 Å². The molecule has 1 aromatic carbocycles. The van der Waals surface area contributed by atoms with Gasteiger partial charge in [0.1, 0.15) is 5.52 Å². The maximum atomic E-state index is 12.6. The Bertz CT molecular complexity index is 1010. The Balaban J connectivity index is 1.53. The van der Waals surface area contributed by atoms with Crippen LogP contribution in [0.25, 0.3) is 16.6 Å². The minimum absolute atomic E-state index is 0.0443. The number of anilines is 1. The predicted octanol–water partition coefficient (Wildman–Crippen LogP) is 2.02. The fourth-order valence-corrected chi connectivity index (χ4v) is 3.82. The standard InChI is InChI=1S/C22H29N7O/c1-16-6-8-19(9-7-16)29-15-18-13-24-25-21(20(18)26-29)28-11-4-5-17(14-28)22(30)23-10-12-27(2)3/h6-9,13,15,17H,4-5,10-12,14H2,1-3H3,(H,23,30). The zero-order valence-corrected chi connectivity index (χ0v) is 17.9. The number of aryl methyl sites for hydroxylation is 1. The van der Waals surface area contributed by atoms with E-state index in [-0.39, 0.29) is 11.8 Å². The molecule has 0 radical (unpaired) electrons. The van der Waals surface area contributed by atoms with E-state index in [1.165, 1.54) is 5.56 Å². The molecule has 4 rings (SSSR count). The molecule has 8 heteroatoms. The number of nitrogens with one attached hydrogen (secondary N) is 1. The van der Waals surface area contributed by atoms with Crippen LogP contribution >= 0.6 is 0 Å². The summed E-state index contributed by atoms with van der Waals surface area (Å²) in [6.45, 7) is 5.06. The van der Waals surface area contributed by atoms with Crippen LogP contribution in [0.2, 0.25) is 0 Å². The van der Waals surface area contributed by atoms with E-state index in [1.54, 1.807) is 6.20 Å². The lowest BCUT2D eigenvalue weighted by molar-refractivity contribution is -0.125. The molecule has 0 spiro atoms. The van der Waals surface area contributed by atoms with Crippen molar-refractivity contribution in [3.63, 3.8) is 0 Å². The number of fused-ring (bicyclic) bond motifs is 1. The van der Waals surface area contributed by atoms with Gasteiger partial charge in [0.2, 0.25) is 5.91 Å². The summed E-state index contributed by atoms with van der Waals surface area (Å²) >= 11 is 0. The largest absolute Gasteiger partial charge is 0.355 e. The maximum absolute atomic E-state index is 12.6. The summed E-state index contributed by atoms with van der Waals surface area (Å²) in [7, 11) is 4.01. The molecule has 1 N–H and O–H groups in total. The second-order valence-corrected chi connectivity index (χ2v) is 8.26. The topological polar surface area (TPSA) is 79.2 Å². The molecule has 3 heterocycles. The first-order chi connectivity index (χ1) is 14.5. The Hall–Kier alpha value is -3.00. The monoisotopic (exact) mass is 407 g/mol. The number of likely N-dealkylation sites (N-methyl/N-ethyl adjacent to an activating group) is 1. The zero-order valence-electron chi connectivity index (χ0n) is 17.9. The quantitative estimate of drug-likeness (QED) is 0.674. The fraction of sp³-hybridized carbons (Fsp3) is 0.455. The maximum Gasteiger partial charge on any atom is 0.224 e. The molecule has 30 heavy (non-hydrogen) atoms. The van der Waals surface area contributed by atoms with Crippen molar-refractivity contribution in [2.75, 3.05) is 45.2 Å². The Morgan fingerprint density at radius 3 is 2.83 bits per heavy atom. The van der Waals surface area contributed by atoms with Crippen LogP contribution in [0.4, 0.5) is 5.82 Å². The van der Waals surface area contributed by atoms with Crippen molar-refractivity contribution in [2.24, 2.45) is 5.92 Å². The van der Waals surface area contributed by atoms with Crippen molar-refractivity contribution >= 4 is 22.6 Å². The molecule has 1 amide bonds. The van der Waals surface area contributed by atoms with Gasteiger partial charge in [0.15, 0.2) is 5.82 Å². The van der Waals surface area contributed by atoms with Gasteiger partial charge in [-0.2, -0.15) is 10.2 Å². The van der Waals surface area contributed by atoms with Gasteiger partial charge in [-0.25, -0.2) is 4.68 Å². The molecule has 1 aliphatic heterocycles. The lowest BCUT2D eigenvalue weighted by Gasteiger charge is -2.32. The fourth-order valence-electron chi connectivity index (χ4n) is 3.82. The second kappa shape index (κ2) is 8.79. The van der Waals surface area contributed by atoms with Crippen LogP contribution in [0.15, 0.2) is 36.7 Å². The average molecular weight is 408 g/mol. The number of amides is 1. The lowest BCUT2D eigenvalue weighted by Crippen LogP contribution is -2.44. The first-order valence-corrected chi connectivity index (χ1v) is 10.5. The van der Waals surface area contributed by atoms with Crippen LogP contribution in [0, 0.1) is 12.8 Å². The third kappa shape index (κ3) is 4.43. The van der Waals surface area contributed by atoms with Gasteiger partial charge in [-0.05, 0) is 46.0 Å². The van der Waals surface area contributed by atoms with Gasteiger partial charge in [0, 0.05) is 37.8 Å². The highest BCUT2D eigenvalue weighted by Gasteiger charge is 2.28. The van der Waals surface area contributed by atoms with E-state index in [2.05, 4.69) is 56.5 Å². The highest BCUT2D eigenvalue weighted by Crippen LogP contribution is 2.27. The number of hydrogen-bond donors (Lipinski definition) is 1. The van der Waals surface area contributed by atoms with Crippen LogP contribution < -0.4 is 10.2 Å². The zero-order chi connectivity index (χ0) is 21.1. The van der Waals surface area contributed by atoms with E-state index >= 15 is 0 Å². The molecule has 0 bridgehead atoms. The van der Waals surface area contributed by atoms with E-state index in [0.29, 0.717) is 13.1 Å². The number of hydrogen-bond acceptors (Lipinski definition) is 6. The van der Waals surface area contributed by atoms with Gasteiger partial charge < -0.3 is 15.1 Å². The summed E-state index contributed by atoms with van der Waals surface area (Å²) < 4.78 is 1.87. The Labute approximate surface area is 176 Å². The number of aromatic nitrogens is 4. The summed E-state index contributed by atoms with van der Waals surface area (Å²) in [5.74, 6) is 0.827. The summed E-state index contributed by atoms with van der Waals surface area (Å²) in [6, 6.07) is 8.25.